The number of fused-ring (bicyclic) bond motifs is 2. The Morgan fingerprint density at radius 3 is 2.70 bits per heavy atom. The number of nitriles is 1. The van der Waals surface area contributed by atoms with Crippen molar-refractivity contribution < 1.29 is 22.7 Å². The molecule has 0 aliphatic carbocycles. The first-order valence-electron chi connectivity index (χ1n) is 11.7. The first kappa shape index (κ1) is 25.3. The fourth-order valence-electron chi connectivity index (χ4n) is 5.26. The summed E-state index contributed by atoms with van der Waals surface area (Å²) in [7, 11) is 1.57. The Kier molecular flexibility index (Phi) is 6.47. The maximum atomic E-state index is 13.4. The van der Waals surface area contributed by atoms with Crippen LogP contribution in [0.1, 0.15) is 30.6 Å². The lowest BCUT2D eigenvalue weighted by Gasteiger charge is -2.40. The second kappa shape index (κ2) is 9.48. The number of pyridine rings is 1. The third-order valence-electron chi connectivity index (χ3n) is 7.09. The minimum Gasteiger partial charge on any atom is -0.495 e. The summed E-state index contributed by atoms with van der Waals surface area (Å²) in [5.74, 6) is -0.699. The van der Waals surface area contributed by atoms with Crippen molar-refractivity contribution in [2.75, 3.05) is 31.6 Å². The van der Waals surface area contributed by atoms with Crippen LogP contribution in [-0.4, -0.2) is 57.3 Å². The van der Waals surface area contributed by atoms with Crippen molar-refractivity contribution in [3.8, 4) is 11.8 Å². The Bertz CT molecular complexity index is 1420. The molecule has 0 saturated carbocycles. The van der Waals surface area contributed by atoms with Gasteiger partial charge in [0.1, 0.15) is 11.8 Å². The topological polar surface area (TPSA) is 100 Å². The Morgan fingerprint density at radius 2 is 2.03 bits per heavy atom. The highest BCUT2D eigenvalue weighted by Crippen LogP contribution is 2.39. The molecule has 9 nitrogen and oxygen atoms in total. The molecule has 37 heavy (non-hydrogen) atoms. The van der Waals surface area contributed by atoms with Crippen LogP contribution in [0.25, 0.3) is 10.9 Å². The molecule has 2 aromatic heterocycles. The summed E-state index contributed by atoms with van der Waals surface area (Å²) in [6.07, 6.45) is -2.49. The lowest BCUT2D eigenvalue weighted by atomic mass is 9.85. The first-order chi connectivity index (χ1) is 17.6. The largest absolute Gasteiger partial charge is 0.495 e. The van der Waals surface area contributed by atoms with E-state index in [0.717, 1.165) is 20.1 Å². The maximum Gasteiger partial charge on any atom is 0.451 e. The van der Waals surface area contributed by atoms with E-state index in [1.807, 2.05) is 19.1 Å². The van der Waals surface area contributed by atoms with Crippen LogP contribution in [0.15, 0.2) is 22.8 Å². The molecular weight excluding hydrogens is 555 g/mol. The number of aromatic nitrogens is 4. The van der Waals surface area contributed by atoms with E-state index in [1.165, 1.54) is 0 Å². The Balaban J connectivity index is 1.36. The van der Waals surface area contributed by atoms with Gasteiger partial charge >= 0.3 is 6.18 Å². The number of benzene rings is 1. The highest BCUT2D eigenvalue weighted by molar-refractivity contribution is 9.10. The number of methoxy groups -OCH3 is 1. The molecule has 1 saturated heterocycles. The average Bonchev–Trinajstić information content (AvgIpc) is 3.31. The van der Waals surface area contributed by atoms with Gasteiger partial charge in [-0.25, -0.2) is 0 Å². The summed E-state index contributed by atoms with van der Waals surface area (Å²) in [5, 5.41) is 17.6. The van der Waals surface area contributed by atoms with Gasteiger partial charge in [-0.05, 0) is 34.3 Å². The number of halogens is 4. The van der Waals surface area contributed by atoms with E-state index in [9.17, 15) is 23.2 Å². The molecule has 194 valence electrons. The van der Waals surface area contributed by atoms with E-state index in [0.29, 0.717) is 36.3 Å². The van der Waals surface area contributed by atoms with Crippen LogP contribution in [0.4, 0.5) is 18.9 Å². The van der Waals surface area contributed by atoms with Gasteiger partial charge in [-0.1, -0.05) is 6.92 Å². The van der Waals surface area contributed by atoms with Crippen LogP contribution in [0.3, 0.4) is 0 Å². The normalized spacial score (nSPS) is 20.0. The summed E-state index contributed by atoms with van der Waals surface area (Å²) in [4.78, 5) is 21.5. The number of hydrogen-bond acceptors (Lipinski definition) is 7. The van der Waals surface area contributed by atoms with Crippen LogP contribution in [-0.2, 0) is 24.1 Å². The van der Waals surface area contributed by atoms with Crippen molar-refractivity contribution in [3.05, 3.63) is 40.0 Å². The zero-order valence-corrected chi connectivity index (χ0v) is 21.7. The molecule has 0 N–H and O–H groups in total. The first-order valence-corrected chi connectivity index (χ1v) is 12.5. The summed E-state index contributed by atoms with van der Waals surface area (Å²) in [6.45, 7) is 3.23. The molecule has 2 aliphatic heterocycles. The zero-order chi connectivity index (χ0) is 26.5. The highest BCUT2D eigenvalue weighted by Gasteiger charge is 2.41. The molecule has 0 bridgehead atoms. The lowest BCUT2D eigenvalue weighted by Crippen LogP contribution is -2.49. The van der Waals surface area contributed by atoms with Crippen molar-refractivity contribution in [1.82, 2.24) is 24.6 Å². The quantitative estimate of drug-likeness (QED) is 0.464. The Morgan fingerprint density at radius 1 is 1.24 bits per heavy atom. The predicted octanol–water partition coefficient (Wildman–Crippen LogP) is 3.99. The molecule has 4 heterocycles. The number of alkyl halides is 3. The van der Waals surface area contributed by atoms with Gasteiger partial charge in [-0.2, -0.15) is 18.4 Å². The van der Waals surface area contributed by atoms with Gasteiger partial charge in [-0.3, -0.25) is 9.78 Å². The molecule has 0 spiro atoms. The van der Waals surface area contributed by atoms with Crippen LogP contribution in [0.5, 0.6) is 5.75 Å². The molecule has 0 unspecified atom stereocenters. The summed E-state index contributed by atoms with van der Waals surface area (Å²) in [6, 6.07) is 5.93. The zero-order valence-electron chi connectivity index (χ0n) is 20.1. The Hall–Kier alpha value is -3.40. The van der Waals surface area contributed by atoms with Crippen LogP contribution in [0.2, 0.25) is 0 Å². The van der Waals surface area contributed by atoms with Crippen molar-refractivity contribution >= 4 is 38.4 Å². The van der Waals surface area contributed by atoms with Crippen molar-refractivity contribution in [2.45, 2.75) is 32.6 Å². The standard InChI is InChI=1S/C24H23BrF3N7O2/c1-13-11-33(21-14(9-29)10-30-18-8-19(37-2)17(25)7-16(18)21)4-3-15(13)22(36)34-5-6-35-20(12-34)31-32-23(35)24(26,27)28/h7-8,10,13,15H,3-6,11-12H2,1-2H3/t13-,15+/m1/s1. The number of nitrogens with zero attached hydrogens (tertiary/aromatic N) is 7. The lowest BCUT2D eigenvalue weighted by molar-refractivity contribution is -0.148. The molecule has 2 atom stereocenters. The van der Waals surface area contributed by atoms with Gasteiger partial charge < -0.3 is 19.1 Å². The number of hydrogen-bond donors (Lipinski definition) is 0. The van der Waals surface area contributed by atoms with E-state index >= 15 is 0 Å². The van der Waals surface area contributed by atoms with Gasteiger partial charge in [0.25, 0.3) is 0 Å². The second-order valence-electron chi connectivity index (χ2n) is 9.30. The summed E-state index contributed by atoms with van der Waals surface area (Å²) >= 11 is 3.51. The van der Waals surface area contributed by atoms with Crippen LogP contribution >= 0.6 is 15.9 Å². The van der Waals surface area contributed by atoms with Gasteiger partial charge in [-0.15, -0.1) is 10.2 Å². The van der Waals surface area contributed by atoms with Crippen molar-refractivity contribution in [1.29, 1.82) is 5.26 Å². The molecule has 13 heteroatoms. The number of rotatable bonds is 3. The van der Waals surface area contributed by atoms with E-state index in [1.54, 1.807) is 18.2 Å². The number of carbonyl (C=O) groups excluding carboxylic acids is 1. The molecule has 1 aromatic carbocycles. The molecule has 1 fully saturated rings. The second-order valence-corrected chi connectivity index (χ2v) is 10.2. The number of piperidine rings is 1. The number of amides is 1. The molecule has 0 radical (unpaired) electrons. The molecule has 1 amide bonds. The highest BCUT2D eigenvalue weighted by atomic mass is 79.9. The van der Waals surface area contributed by atoms with Gasteiger partial charge in [0.2, 0.25) is 11.7 Å². The van der Waals surface area contributed by atoms with E-state index in [4.69, 9.17) is 4.74 Å². The third kappa shape index (κ3) is 4.47. The number of anilines is 1. The summed E-state index contributed by atoms with van der Waals surface area (Å²) < 4.78 is 46.6. The van der Waals surface area contributed by atoms with E-state index < -0.39 is 12.0 Å². The van der Waals surface area contributed by atoms with E-state index in [2.05, 4.69) is 42.1 Å². The molecule has 3 aromatic rings. The van der Waals surface area contributed by atoms with Crippen molar-refractivity contribution in [3.63, 3.8) is 0 Å². The molecule has 2 aliphatic rings. The third-order valence-corrected chi connectivity index (χ3v) is 7.71. The molecule has 5 rings (SSSR count). The fourth-order valence-corrected chi connectivity index (χ4v) is 5.77. The monoisotopic (exact) mass is 577 g/mol. The fraction of sp³-hybridized carbons (Fsp3) is 0.458. The molecular formula is C24H23BrF3N7O2. The SMILES string of the molecule is COc1cc2ncc(C#N)c(N3CC[C@H](C(=O)N4CCn5c(nnc5C(F)(F)F)C4)[C@H](C)C3)c2cc1Br. The smallest absolute Gasteiger partial charge is 0.451 e. The van der Waals surface area contributed by atoms with Gasteiger partial charge in [0.15, 0.2) is 5.82 Å². The Labute approximate surface area is 219 Å². The van der Waals surface area contributed by atoms with Crippen molar-refractivity contribution in [2.24, 2.45) is 11.8 Å². The van der Waals surface area contributed by atoms with E-state index in [-0.39, 0.29) is 43.2 Å². The summed E-state index contributed by atoms with van der Waals surface area (Å²) in [5.41, 5.74) is 1.90. The van der Waals surface area contributed by atoms with Gasteiger partial charge in [0, 0.05) is 49.7 Å². The number of ether oxygens (including phenoxy) is 1. The predicted molar refractivity (Wildman–Crippen MR) is 131 cm³/mol. The van der Waals surface area contributed by atoms with Crippen LogP contribution in [0, 0.1) is 23.2 Å². The van der Waals surface area contributed by atoms with Crippen LogP contribution < -0.4 is 9.64 Å². The minimum atomic E-state index is -4.58. The van der Waals surface area contributed by atoms with Gasteiger partial charge in [0.05, 0.1) is 34.9 Å². The minimum absolute atomic E-state index is 0.00171. The average molecular weight is 578 g/mol. The maximum absolute atomic E-state index is 13.4. The number of carbonyl (C=O) groups is 1.